The first-order valence-electron chi connectivity index (χ1n) is 4.18. The Morgan fingerprint density at radius 1 is 1.25 bits per heavy atom. The fraction of sp³-hybridized carbons (Fsp3) is 0.400. The van der Waals surface area contributed by atoms with Crippen LogP contribution < -0.4 is 11.3 Å². The minimum Gasteiger partial charge on any atom is -0.271 e. The van der Waals surface area contributed by atoms with Gasteiger partial charge in [0.1, 0.15) is 0 Å². The summed E-state index contributed by atoms with van der Waals surface area (Å²) in [4.78, 5) is 0. The molecule has 0 aliphatic heterocycles. The molecule has 1 aromatic carbocycles. The van der Waals surface area contributed by atoms with Crippen LogP contribution in [0.25, 0.3) is 0 Å². The van der Waals surface area contributed by atoms with Crippen LogP contribution in [0, 0.1) is 13.8 Å². The van der Waals surface area contributed by atoms with Gasteiger partial charge in [0.25, 0.3) is 0 Å². The number of hydrogen-bond acceptors (Lipinski definition) is 2. The molecule has 0 radical (unpaired) electrons. The Kier molecular flexibility index (Phi) is 2.84. The Bertz CT molecular complexity index is 269. The average Bonchev–Trinajstić information content (AvgIpc) is 2.08. The molecule has 66 valence electrons. The number of benzene rings is 1. The number of nitrogens with one attached hydrogen (secondary N) is 1. The molecule has 0 spiro atoms. The molecular formula is C10H16N2. The third-order valence-electron chi connectivity index (χ3n) is 2.28. The molecule has 0 saturated carbocycles. The number of aryl methyl sites for hydroxylation is 2. The summed E-state index contributed by atoms with van der Waals surface area (Å²) in [7, 11) is 0. The molecule has 0 aromatic heterocycles. The molecule has 12 heavy (non-hydrogen) atoms. The predicted molar refractivity (Wildman–Crippen MR) is 51.7 cm³/mol. The quantitative estimate of drug-likeness (QED) is 0.517. The van der Waals surface area contributed by atoms with Crippen molar-refractivity contribution in [1.82, 2.24) is 5.43 Å². The zero-order chi connectivity index (χ0) is 9.14. The van der Waals surface area contributed by atoms with Crippen LogP contribution in [0.2, 0.25) is 0 Å². The average molecular weight is 164 g/mol. The molecule has 2 nitrogen and oxygen atoms in total. The molecular weight excluding hydrogens is 148 g/mol. The highest BCUT2D eigenvalue weighted by Crippen LogP contribution is 2.15. The predicted octanol–water partition coefficient (Wildman–Crippen LogP) is 1.83. The fourth-order valence-corrected chi connectivity index (χ4v) is 1.13. The normalized spacial score (nSPS) is 13.0. The van der Waals surface area contributed by atoms with Crippen molar-refractivity contribution in [3.63, 3.8) is 0 Å². The van der Waals surface area contributed by atoms with Crippen LogP contribution in [-0.2, 0) is 0 Å². The number of hydrazine groups is 1. The second-order valence-electron chi connectivity index (χ2n) is 3.23. The van der Waals surface area contributed by atoms with Crippen LogP contribution in [-0.4, -0.2) is 0 Å². The van der Waals surface area contributed by atoms with Gasteiger partial charge in [-0.15, -0.1) is 0 Å². The van der Waals surface area contributed by atoms with Crippen molar-refractivity contribution in [3.05, 3.63) is 34.9 Å². The van der Waals surface area contributed by atoms with Gasteiger partial charge in [0.05, 0.1) is 0 Å². The molecule has 0 unspecified atom stereocenters. The van der Waals surface area contributed by atoms with Crippen molar-refractivity contribution in [2.75, 3.05) is 0 Å². The summed E-state index contributed by atoms with van der Waals surface area (Å²) in [5.41, 5.74) is 6.60. The van der Waals surface area contributed by atoms with Crippen molar-refractivity contribution in [1.29, 1.82) is 0 Å². The highest BCUT2D eigenvalue weighted by atomic mass is 15.2. The van der Waals surface area contributed by atoms with Gasteiger partial charge in [-0.05, 0) is 37.5 Å². The van der Waals surface area contributed by atoms with E-state index in [0.29, 0.717) is 0 Å². The van der Waals surface area contributed by atoms with E-state index in [-0.39, 0.29) is 6.04 Å². The zero-order valence-electron chi connectivity index (χ0n) is 7.89. The Morgan fingerprint density at radius 2 is 1.92 bits per heavy atom. The van der Waals surface area contributed by atoms with E-state index in [4.69, 9.17) is 5.84 Å². The molecule has 0 heterocycles. The first kappa shape index (κ1) is 9.23. The van der Waals surface area contributed by atoms with Gasteiger partial charge in [-0.25, -0.2) is 0 Å². The van der Waals surface area contributed by atoms with Crippen molar-refractivity contribution < 1.29 is 0 Å². The van der Waals surface area contributed by atoms with Crippen LogP contribution in [0.5, 0.6) is 0 Å². The molecule has 0 fully saturated rings. The standard InChI is InChI=1S/C10H16N2/c1-7-4-5-10(6-8(7)2)9(3)12-11/h4-6,9,12H,11H2,1-3H3/t9-/m1/s1. The number of hydrogen-bond donors (Lipinski definition) is 2. The summed E-state index contributed by atoms with van der Waals surface area (Å²) >= 11 is 0. The third kappa shape index (κ3) is 1.84. The second kappa shape index (κ2) is 3.70. The van der Waals surface area contributed by atoms with E-state index in [9.17, 15) is 0 Å². The van der Waals surface area contributed by atoms with Gasteiger partial charge in [0.2, 0.25) is 0 Å². The second-order valence-corrected chi connectivity index (χ2v) is 3.23. The molecule has 3 N–H and O–H groups in total. The van der Waals surface area contributed by atoms with E-state index in [1.165, 1.54) is 16.7 Å². The van der Waals surface area contributed by atoms with E-state index < -0.39 is 0 Å². The smallest absolute Gasteiger partial charge is 0.0431 e. The molecule has 0 aliphatic carbocycles. The van der Waals surface area contributed by atoms with Crippen molar-refractivity contribution in [2.45, 2.75) is 26.8 Å². The zero-order valence-corrected chi connectivity index (χ0v) is 7.89. The molecule has 0 bridgehead atoms. The minimum atomic E-state index is 0.226. The van der Waals surface area contributed by atoms with Crippen molar-refractivity contribution in [3.8, 4) is 0 Å². The molecule has 0 saturated heterocycles. The van der Waals surface area contributed by atoms with E-state index in [2.05, 4.69) is 37.5 Å². The monoisotopic (exact) mass is 164 g/mol. The van der Waals surface area contributed by atoms with Crippen LogP contribution in [0.15, 0.2) is 18.2 Å². The Labute approximate surface area is 73.8 Å². The lowest BCUT2D eigenvalue weighted by molar-refractivity contribution is 0.602. The first-order valence-corrected chi connectivity index (χ1v) is 4.18. The lowest BCUT2D eigenvalue weighted by Crippen LogP contribution is -2.25. The number of nitrogens with two attached hydrogens (primary N) is 1. The van der Waals surface area contributed by atoms with Gasteiger partial charge >= 0.3 is 0 Å². The Hall–Kier alpha value is -0.860. The molecule has 2 heteroatoms. The summed E-state index contributed by atoms with van der Waals surface area (Å²) in [6.45, 7) is 6.27. The van der Waals surface area contributed by atoms with Gasteiger partial charge in [-0.3, -0.25) is 11.3 Å². The van der Waals surface area contributed by atoms with E-state index in [1.54, 1.807) is 0 Å². The number of rotatable bonds is 2. The Morgan fingerprint density at radius 3 is 2.42 bits per heavy atom. The van der Waals surface area contributed by atoms with E-state index >= 15 is 0 Å². The summed E-state index contributed by atoms with van der Waals surface area (Å²) in [6.07, 6.45) is 0. The summed E-state index contributed by atoms with van der Waals surface area (Å²) < 4.78 is 0. The largest absolute Gasteiger partial charge is 0.271 e. The third-order valence-corrected chi connectivity index (χ3v) is 2.28. The topological polar surface area (TPSA) is 38.0 Å². The molecule has 1 atom stereocenters. The molecule has 1 aromatic rings. The van der Waals surface area contributed by atoms with Crippen LogP contribution in [0.1, 0.15) is 29.7 Å². The van der Waals surface area contributed by atoms with Gasteiger partial charge < -0.3 is 0 Å². The van der Waals surface area contributed by atoms with Gasteiger partial charge in [0, 0.05) is 6.04 Å². The first-order chi connectivity index (χ1) is 5.65. The van der Waals surface area contributed by atoms with Crippen LogP contribution in [0.4, 0.5) is 0 Å². The SMILES string of the molecule is Cc1ccc([C@@H](C)NN)cc1C. The summed E-state index contributed by atoms with van der Waals surface area (Å²) in [6, 6.07) is 6.62. The maximum absolute atomic E-state index is 5.34. The van der Waals surface area contributed by atoms with Gasteiger partial charge in [-0.2, -0.15) is 0 Å². The maximum atomic E-state index is 5.34. The fourth-order valence-electron chi connectivity index (χ4n) is 1.13. The van der Waals surface area contributed by atoms with E-state index in [1.807, 2.05) is 6.92 Å². The van der Waals surface area contributed by atoms with Crippen molar-refractivity contribution in [2.24, 2.45) is 5.84 Å². The minimum absolute atomic E-state index is 0.226. The van der Waals surface area contributed by atoms with E-state index in [0.717, 1.165) is 0 Å². The highest BCUT2D eigenvalue weighted by Gasteiger charge is 2.02. The Balaban J connectivity index is 2.96. The molecule has 0 amide bonds. The lowest BCUT2D eigenvalue weighted by atomic mass is 10.0. The lowest BCUT2D eigenvalue weighted by Gasteiger charge is -2.11. The van der Waals surface area contributed by atoms with Crippen LogP contribution in [0.3, 0.4) is 0 Å². The van der Waals surface area contributed by atoms with Crippen LogP contribution >= 0.6 is 0 Å². The maximum Gasteiger partial charge on any atom is 0.0431 e. The summed E-state index contributed by atoms with van der Waals surface area (Å²) in [5, 5.41) is 0. The summed E-state index contributed by atoms with van der Waals surface area (Å²) in [5.74, 6) is 5.34. The highest BCUT2D eigenvalue weighted by molar-refractivity contribution is 5.31. The molecule has 1 rings (SSSR count). The van der Waals surface area contributed by atoms with Gasteiger partial charge in [-0.1, -0.05) is 18.2 Å². The van der Waals surface area contributed by atoms with Gasteiger partial charge in [0.15, 0.2) is 0 Å². The molecule has 0 aliphatic rings. The van der Waals surface area contributed by atoms with Crippen molar-refractivity contribution >= 4 is 0 Å².